The molecule has 0 bridgehead atoms. The van der Waals surface area contributed by atoms with Crippen molar-refractivity contribution in [3.63, 3.8) is 0 Å². The van der Waals surface area contributed by atoms with Crippen LogP contribution in [0.25, 0.3) is 39.6 Å². The maximum Gasteiger partial charge on any atom is 0.248 e. The van der Waals surface area contributed by atoms with Crippen LogP contribution in [0.15, 0.2) is 77.3 Å². The second-order valence-corrected chi connectivity index (χ2v) is 8.40. The Morgan fingerprint density at radius 3 is 2.32 bits per heavy atom. The van der Waals surface area contributed by atoms with Gasteiger partial charge in [0, 0.05) is 36.4 Å². The maximum atomic E-state index is 14.4. The summed E-state index contributed by atoms with van der Waals surface area (Å²) in [5.41, 5.74) is 3.63. The summed E-state index contributed by atoms with van der Waals surface area (Å²) in [7, 11) is 0. The third-order valence-electron chi connectivity index (χ3n) is 6.10. The van der Waals surface area contributed by atoms with Crippen LogP contribution >= 0.6 is 0 Å². The van der Waals surface area contributed by atoms with Crippen LogP contribution in [0.5, 0.6) is 0 Å². The van der Waals surface area contributed by atoms with Crippen LogP contribution in [-0.2, 0) is 13.0 Å². The van der Waals surface area contributed by atoms with E-state index in [0.29, 0.717) is 35.7 Å². The molecule has 0 aliphatic heterocycles. The minimum Gasteiger partial charge on any atom is -0.416 e. The number of fused-ring (bicyclic) bond motifs is 1. The molecule has 184 valence electrons. The zero-order chi connectivity index (χ0) is 25.5. The van der Waals surface area contributed by atoms with E-state index in [2.05, 4.69) is 19.9 Å². The Bertz CT molecular complexity index is 1740. The Labute approximate surface area is 208 Å². The minimum atomic E-state index is -0.570. The number of nitrogens with zero attached hydrogens (tertiary/aromatic N) is 6. The number of hydrogen-bond donors (Lipinski definition) is 0. The third-order valence-corrected chi connectivity index (χ3v) is 6.10. The topological polar surface area (TPSA) is 74.6 Å². The van der Waals surface area contributed by atoms with Gasteiger partial charge in [-0.15, -0.1) is 10.2 Å². The summed E-state index contributed by atoms with van der Waals surface area (Å²) in [6.45, 7) is 2.66. The Morgan fingerprint density at radius 2 is 1.54 bits per heavy atom. The van der Waals surface area contributed by atoms with Crippen LogP contribution in [0, 0.1) is 17.5 Å². The van der Waals surface area contributed by atoms with Gasteiger partial charge in [-0.3, -0.25) is 0 Å². The first kappa shape index (κ1) is 22.7. The van der Waals surface area contributed by atoms with Crippen molar-refractivity contribution in [2.45, 2.75) is 19.9 Å². The summed E-state index contributed by atoms with van der Waals surface area (Å²) in [4.78, 5) is 4.82. The van der Waals surface area contributed by atoms with Gasteiger partial charge in [0.1, 0.15) is 29.0 Å². The highest BCUT2D eigenvalue weighted by Crippen LogP contribution is 2.28. The second-order valence-electron chi connectivity index (χ2n) is 8.40. The summed E-state index contributed by atoms with van der Waals surface area (Å²) in [6.07, 6.45) is 1.90. The van der Waals surface area contributed by atoms with Crippen LogP contribution in [-0.4, -0.2) is 29.5 Å². The van der Waals surface area contributed by atoms with Gasteiger partial charge >= 0.3 is 0 Å². The molecule has 3 aromatic carbocycles. The highest BCUT2D eigenvalue weighted by atomic mass is 19.1. The van der Waals surface area contributed by atoms with Gasteiger partial charge in [0.15, 0.2) is 0 Å². The van der Waals surface area contributed by atoms with Crippen LogP contribution in [0.4, 0.5) is 13.2 Å². The molecular weight excluding hydrogens is 481 g/mol. The SMILES string of the molecule is CCn1c(Cc2ccnn2-c2cc(F)ccc2F)nc2cc(-c3nnc(-c4ccc(F)cc4)o3)ccc21. The molecule has 0 unspecified atom stereocenters. The van der Waals surface area contributed by atoms with Crippen molar-refractivity contribution in [3.8, 4) is 28.6 Å². The molecule has 3 heterocycles. The van der Waals surface area contributed by atoms with Crippen molar-refractivity contribution in [2.75, 3.05) is 0 Å². The normalized spacial score (nSPS) is 11.5. The highest BCUT2D eigenvalue weighted by molar-refractivity contribution is 5.81. The summed E-state index contributed by atoms with van der Waals surface area (Å²) in [5, 5.41) is 12.4. The molecule has 0 radical (unpaired) electrons. The number of aromatic nitrogens is 6. The van der Waals surface area contributed by atoms with Gasteiger partial charge < -0.3 is 8.98 Å². The summed E-state index contributed by atoms with van der Waals surface area (Å²) in [5.74, 6) is -0.123. The van der Waals surface area contributed by atoms with E-state index in [9.17, 15) is 13.2 Å². The molecule has 0 saturated heterocycles. The van der Waals surface area contributed by atoms with E-state index >= 15 is 0 Å². The lowest BCUT2D eigenvalue weighted by Gasteiger charge is -2.10. The molecule has 3 aromatic heterocycles. The van der Waals surface area contributed by atoms with Crippen molar-refractivity contribution in [2.24, 2.45) is 0 Å². The molecule has 10 heteroatoms. The second kappa shape index (κ2) is 9.05. The Balaban J connectivity index is 1.34. The zero-order valence-electron chi connectivity index (χ0n) is 19.6. The molecule has 0 spiro atoms. The van der Waals surface area contributed by atoms with E-state index in [4.69, 9.17) is 9.40 Å². The average molecular weight is 500 g/mol. The quantitative estimate of drug-likeness (QED) is 0.282. The number of rotatable bonds is 6. The Kier molecular flexibility index (Phi) is 5.56. The summed E-state index contributed by atoms with van der Waals surface area (Å²) in [6, 6.07) is 16.5. The molecule has 0 saturated carbocycles. The van der Waals surface area contributed by atoms with Crippen LogP contribution in [0.3, 0.4) is 0 Å². The van der Waals surface area contributed by atoms with Crippen LogP contribution in [0.2, 0.25) is 0 Å². The maximum absolute atomic E-state index is 14.4. The monoisotopic (exact) mass is 500 g/mol. The minimum absolute atomic E-state index is 0.0369. The molecule has 0 aliphatic rings. The lowest BCUT2D eigenvalue weighted by Crippen LogP contribution is -2.09. The molecule has 0 amide bonds. The lowest BCUT2D eigenvalue weighted by molar-refractivity contribution is 0.583. The average Bonchev–Trinajstić information content (AvgIpc) is 3.64. The number of imidazole rings is 1. The first-order valence-electron chi connectivity index (χ1n) is 11.6. The summed E-state index contributed by atoms with van der Waals surface area (Å²) >= 11 is 0. The van der Waals surface area contributed by atoms with Gasteiger partial charge in [-0.1, -0.05) is 0 Å². The highest BCUT2D eigenvalue weighted by Gasteiger charge is 2.17. The fourth-order valence-electron chi connectivity index (χ4n) is 4.34. The Morgan fingerprint density at radius 1 is 0.811 bits per heavy atom. The van der Waals surface area contributed by atoms with E-state index < -0.39 is 11.6 Å². The fraction of sp³-hybridized carbons (Fsp3) is 0.111. The number of hydrogen-bond acceptors (Lipinski definition) is 5. The van der Waals surface area contributed by atoms with Crippen molar-refractivity contribution in [1.82, 2.24) is 29.5 Å². The lowest BCUT2D eigenvalue weighted by atomic mass is 10.2. The van der Waals surface area contributed by atoms with E-state index in [1.165, 1.54) is 16.8 Å². The third kappa shape index (κ3) is 4.16. The molecule has 37 heavy (non-hydrogen) atoms. The molecule has 0 fully saturated rings. The molecule has 7 nitrogen and oxygen atoms in total. The summed E-state index contributed by atoms with van der Waals surface area (Å²) < 4.78 is 50.7. The van der Waals surface area contributed by atoms with Gasteiger partial charge in [-0.05, 0) is 67.6 Å². The van der Waals surface area contributed by atoms with Crippen molar-refractivity contribution in [3.05, 3.63) is 102 Å². The van der Waals surface area contributed by atoms with E-state index in [0.717, 1.165) is 35.1 Å². The van der Waals surface area contributed by atoms with Gasteiger partial charge in [0.2, 0.25) is 11.8 Å². The van der Waals surface area contributed by atoms with E-state index in [1.807, 2.05) is 25.1 Å². The molecule has 6 rings (SSSR count). The largest absolute Gasteiger partial charge is 0.416 e. The Hall–Kier alpha value is -4.73. The molecule has 0 N–H and O–H groups in total. The molecular formula is C27H19F3N6O. The predicted octanol–water partition coefficient (Wildman–Crippen LogP) is 5.97. The predicted molar refractivity (Wildman–Crippen MR) is 130 cm³/mol. The van der Waals surface area contributed by atoms with Gasteiger partial charge in [-0.2, -0.15) is 5.10 Å². The fourth-order valence-corrected chi connectivity index (χ4v) is 4.34. The number of benzene rings is 3. The standard InChI is InChI=1S/C27H19F3N6O/c1-2-35-23-10-5-17(27-34-33-26(37-27)16-3-6-18(28)7-4-16)13-22(23)32-25(35)15-20-11-12-31-36(20)24-14-19(29)8-9-21(24)30/h3-14H,2,15H2,1H3. The molecule has 6 aromatic rings. The smallest absolute Gasteiger partial charge is 0.248 e. The zero-order valence-corrected chi connectivity index (χ0v) is 19.6. The van der Waals surface area contributed by atoms with Gasteiger partial charge in [0.25, 0.3) is 0 Å². The van der Waals surface area contributed by atoms with Crippen molar-refractivity contribution in [1.29, 1.82) is 0 Å². The first-order chi connectivity index (χ1) is 18.0. The molecule has 0 aliphatic carbocycles. The van der Waals surface area contributed by atoms with E-state index in [-0.39, 0.29) is 17.4 Å². The van der Waals surface area contributed by atoms with Crippen molar-refractivity contribution >= 4 is 11.0 Å². The first-order valence-corrected chi connectivity index (χ1v) is 11.6. The number of aryl methyl sites for hydroxylation is 1. The molecule has 0 atom stereocenters. The van der Waals surface area contributed by atoms with Gasteiger partial charge in [0.05, 0.1) is 16.7 Å². The van der Waals surface area contributed by atoms with E-state index in [1.54, 1.807) is 24.4 Å². The number of halogens is 3. The van der Waals surface area contributed by atoms with Crippen molar-refractivity contribution < 1.29 is 17.6 Å². The van der Waals surface area contributed by atoms with Crippen LogP contribution < -0.4 is 0 Å². The van der Waals surface area contributed by atoms with Gasteiger partial charge in [-0.25, -0.2) is 22.8 Å². The van der Waals surface area contributed by atoms with Crippen LogP contribution in [0.1, 0.15) is 18.4 Å².